The van der Waals surface area contributed by atoms with Crippen molar-refractivity contribution in [1.29, 1.82) is 0 Å². The Morgan fingerprint density at radius 3 is 2.13 bits per heavy atom. The summed E-state index contributed by atoms with van der Waals surface area (Å²) < 4.78 is 37.8. The van der Waals surface area contributed by atoms with Crippen molar-refractivity contribution < 1.29 is 58.4 Å². The van der Waals surface area contributed by atoms with Crippen LogP contribution in [0.25, 0.3) is 0 Å². The molecule has 1 unspecified atom stereocenters. The van der Waals surface area contributed by atoms with E-state index in [0.717, 1.165) is 18.4 Å². The standard InChI is InChI=1S/C40H69NO12/c1-20-18-39(8,47)36(53-38-32(44)28(41(10)11)17-21(2)49-38)24(5)33(51-29-19-40(9,48-12)35(45)26(7)50-29)25(6)37(46)52-34(27-15-13-14-16-27)23(4)31(43)22(3)30(20)42/h15,20-26,28-29,31-36,38,43-45,47H,13-14,16-19H2,1-12H3/t20-,21-,22+,23-,24+,25-,26+,28+,29+,31-,32-,33?,34+,35+,36-,38+,39-,40-/m1/s1. The fourth-order valence-electron chi connectivity index (χ4n) is 9.20. The maximum Gasteiger partial charge on any atom is 0.311 e. The summed E-state index contributed by atoms with van der Waals surface area (Å²) in [4.78, 5) is 30.3. The molecule has 0 aromatic rings. The molecule has 4 aliphatic rings. The molecule has 3 fully saturated rings. The topological polar surface area (TPSA) is 174 Å². The minimum absolute atomic E-state index is 0.0488. The van der Waals surface area contributed by atoms with Gasteiger partial charge in [0.2, 0.25) is 0 Å². The summed E-state index contributed by atoms with van der Waals surface area (Å²) in [6, 6.07) is -0.301. The zero-order valence-electron chi connectivity index (χ0n) is 34.1. The summed E-state index contributed by atoms with van der Waals surface area (Å²) in [6.07, 6.45) is -4.01. The van der Waals surface area contributed by atoms with Crippen molar-refractivity contribution in [3.05, 3.63) is 11.6 Å². The van der Waals surface area contributed by atoms with Gasteiger partial charge in [0.25, 0.3) is 0 Å². The molecule has 13 heteroatoms. The lowest BCUT2D eigenvalue weighted by Gasteiger charge is -2.49. The number of aliphatic hydroxyl groups is 4. The number of carbonyl (C=O) groups excluding carboxylic acids is 2. The number of allylic oxidation sites excluding steroid dienone is 1. The van der Waals surface area contributed by atoms with Crippen LogP contribution in [0.3, 0.4) is 0 Å². The molecule has 3 heterocycles. The van der Waals surface area contributed by atoms with Crippen LogP contribution in [-0.4, -0.2) is 137 Å². The van der Waals surface area contributed by atoms with E-state index in [1.165, 1.54) is 7.11 Å². The first kappa shape index (κ1) is 44.2. The summed E-state index contributed by atoms with van der Waals surface area (Å²) in [5.41, 5.74) is -1.84. The van der Waals surface area contributed by atoms with Crippen LogP contribution >= 0.6 is 0 Å². The van der Waals surface area contributed by atoms with Gasteiger partial charge in [0.05, 0.1) is 47.6 Å². The quantitative estimate of drug-likeness (QED) is 0.220. The first-order valence-electron chi connectivity index (χ1n) is 19.7. The molecule has 0 aromatic heterocycles. The number of ether oxygens (including phenoxy) is 6. The molecular formula is C40H69NO12. The highest BCUT2D eigenvalue weighted by Crippen LogP contribution is 2.41. The molecule has 0 spiro atoms. The molecule has 53 heavy (non-hydrogen) atoms. The fraction of sp³-hybridized carbons (Fsp3) is 0.900. The van der Waals surface area contributed by atoms with Crippen molar-refractivity contribution in [2.24, 2.45) is 29.6 Å². The molecule has 0 amide bonds. The van der Waals surface area contributed by atoms with Gasteiger partial charge in [-0.1, -0.05) is 33.8 Å². The molecule has 0 aromatic carbocycles. The Morgan fingerprint density at radius 2 is 1.55 bits per heavy atom. The molecule has 0 radical (unpaired) electrons. The number of rotatable bonds is 7. The minimum Gasteiger partial charge on any atom is -0.457 e. The van der Waals surface area contributed by atoms with Crippen LogP contribution in [0.15, 0.2) is 11.6 Å². The molecular weight excluding hydrogens is 686 g/mol. The van der Waals surface area contributed by atoms with Gasteiger partial charge in [-0.3, -0.25) is 9.59 Å². The van der Waals surface area contributed by atoms with Crippen LogP contribution in [0.2, 0.25) is 0 Å². The lowest BCUT2D eigenvalue weighted by atomic mass is 9.74. The van der Waals surface area contributed by atoms with E-state index in [1.54, 1.807) is 55.4 Å². The summed E-state index contributed by atoms with van der Waals surface area (Å²) >= 11 is 0. The molecule has 4 N–H and O–H groups in total. The minimum atomic E-state index is -1.73. The predicted molar refractivity (Wildman–Crippen MR) is 196 cm³/mol. The van der Waals surface area contributed by atoms with Crippen LogP contribution in [0, 0.1) is 29.6 Å². The molecule has 306 valence electrons. The number of Topliss-reactive ketones (excluding diaryl/α,β-unsaturated/α-hetero) is 1. The largest absolute Gasteiger partial charge is 0.457 e. The van der Waals surface area contributed by atoms with E-state index in [-0.39, 0.29) is 30.8 Å². The molecule has 0 bridgehead atoms. The average Bonchev–Trinajstić information content (AvgIpc) is 3.64. The third kappa shape index (κ3) is 9.72. The number of aliphatic hydroxyl groups excluding tert-OH is 3. The van der Waals surface area contributed by atoms with Gasteiger partial charge in [-0.15, -0.1) is 0 Å². The number of methoxy groups -OCH3 is 1. The van der Waals surface area contributed by atoms with Crippen molar-refractivity contribution in [3.8, 4) is 0 Å². The Balaban J connectivity index is 1.83. The van der Waals surface area contributed by atoms with Crippen molar-refractivity contribution in [2.75, 3.05) is 21.2 Å². The molecule has 1 aliphatic carbocycles. The van der Waals surface area contributed by atoms with Crippen LogP contribution in [-0.2, 0) is 38.0 Å². The summed E-state index contributed by atoms with van der Waals surface area (Å²) in [6.45, 7) is 15.7. The summed E-state index contributed by atoms with van der Waals surface area (Å²) in [7, 11) is 5.25. The van der Waals surface area contributed by atoms with Gasteiger partial charge in [0.1, 0.15) is 24.1 Å². The van der Waals surface area contributed by atoms with E-state index in [4.69, 9.17) is 28.4 Å². The van der Waals surface area contributed by atoms with E-state index < -0.39 is 102 Å². The maximum atomic E-state index is 14.4. The van der Waals surface area contributed by atoms with Gasteiger partial charge >= 0.3 is 5.97 Å². The normalized spacial score (nSPS) is 48.3. The highest BCUT2D eigenvalue weighted by Gasteiger charge is 2.52. The summed E-state index contributed by atoms with van der Waals surface area (Å²) in [5, 5.41) is 46.6. The number of ketones is 1. The number of hydrogen-bond donors (Lipinski definition) is 4. The SMILES string of the molecule is CO[C@]1(C)C[C@H](OC2[C@@H](C)C(=O)O[C@H](C3=CCCC3)[C@H](C)[C@H](O)[C@@H](C)C(=O)[C@H](C)C[C@@](C)(O)[C@H](O[C@@H]3O[C@H](C)C[C@H](N(C)C)[C@H]3O)[C@H]2C)O[C@@H](C)[C@@H]1O. The fourth-order valence-corrected chi connectivity index (χ4v) is 9.20. The van der Waals surface area contributed by atoms with Crippen molar-refractivity contribution >= 4 is 11.8 Å². The van der Waals surface area contributed by atoms with Gasteiger partial charge in [-0.2, -0.15) is 0 Å². The van der Waals surface area contributed by atoms with Gasteiger partial charge < -0.3 is 53.7 Å². The van der Waals surface area contributed by atoms with Crippen LogP contribution in [0.4, 0.5) is 0 Å². The smallest absolute Gasteiger partial charge is 0.311 e. The van der Waals surface area contributed by atoms with E-state index >= 15 is 0 Å². The molecule has 13 nitrogen and oxygen atoms in total. The lowest BCUT2D eigenvalue weighted by molar-refractivity contribution is -0.317. The lowest BCUT2D eigenvalue weighted by Crippen LogP contribution is -2.60. The Kier molecular flexibility index (Phi) is 14.8. The van der Waals surface area contributed by atoms with E-state index in [1.807, 2.05) is 32.0 Å². The molecule has 0 saturated carbocycles. The Labute approximate surface area is 316 Å². The van der Waals surface area contributed by atoms with Crippen molar-refractivity contribution in [1.82, 2.24) is 4.90 Å². The van der Waals surface area contributed by atoms with Crippen LogP contribution in [0.1, 0.15) is 101 Å². The first-order chi connectivity index (χ1) is 24.6. The third-order valence-electron chi connectivity index (χ3n) is 12.7. The Hall–Kier alpha value is -1.52. The number of nitrogens with zero attached hydrogens (tertiary/aromatic N) is 1. The van der Waals surface area contributed by atoms with E-state index in [9.17, 15) is 30.0 Å². The predicted octanol–water partition coefficient (Wildman–Crippen LogP) is 3.37. The zero-order valence-corrected chi connectivity index (χ0v) is 34.1. The molecule has 3 saturated heterocycles. The van der Waals surface area contributed by atoms with Gasteiger partial charge in [-0.25, -0.2) is 0 Å². The van der Waals surface area contributed by atoms with E-state index in [0.29, 0.717) is 12.8 Å². The molecule has 4 rings (SSSR count). The third-order valence-corrected chi connectivity index (χ3v) is 12.7. The van der Waals surface area contributed by atoms with Crippen molar-refractivity contribution in [3.63, 3.8) is 0 Å². The second-order valence-electron chi connectivity index (χ2n) is 17.3. The Morgan fingerprint density at radius 1 is 0.887 bits per heavy atom. The highest BCUT2D eigenvalue weighted by molar-refractivity contribution is 5.83. The van der Waals surface area contributed by atoms with Gasteiger partial charge in [0, 0.05) is 43.2 Å². The number of likely N-dealkylation sites (N-methyl/N-ethyl adjacent to an activating group) is 1. The zero-order chi connectivity index (χ0) is 39.7. The maximum absolute atomic E-state index is 14.4. The molecule has 3 aliphatic heterocycles. The number of esters is 1. The second kappa shape index (κ2) is 17.7. The van der Waals surface area contributed by atoms with Crippen LogP contribution < -0.4 is 0 Å². The van der Waals surface area contributed by atoms with Crippen molar-refractivity contribution in [2.45, 2.75) is 179 Å². The first-order valence-corrected chi connectivity index (χ1v) is 19.7. The Bertz CT molecular complexity index is 1280. The molecule has 18 atom stereocenters. The van der Waals surface area contributed by atoms with Gasteiger partial charge in [0.15, 0.2) is 12.6 Å². The highest BCUT2D eigenvalue weighted by atomic mass is 16.7. The van der Waals surface area contributed by atoms with E-state index in [2.05, 4.69) is 0 Å². The monoisotopic (exact) mass is 755 g/mol. The van der Waals surface area contributed by atoms with Crippen LogP contribution in [0.5, 0.6) is 0 Å². The second-order valence-corrected chi connectivity index (χ2v) is 17.3. The number of hydrogen-bond acceptors (Lipinski definition) is 13. The summed E-state index contributed by atoms with van der Waals surface area (Å²) in [5.74, 6) is -4.68. The number of carbonyl (C=O) groups is 2. The average molecular weight is 756 g/mol. The van der Waals surface area contributed by atoms with Gasteiger partial charge in [-0.05, 0) is 86.4 Å². The number of cyclic esters (lactones) is 1.